The Bertz CT molecular complexity index is 713. The molecule has 1 unspecified atom stereocenters. The number of nitrogens with one attached hydrogen (secondary N) is 2. The monoisotopic (exact) mass is 393 g/mol. The van der Waals surface area contributed by atoms with Crippen LogP contribution in [0.4, 0.5) is 0 Å². The molecule has 7 heteroatoms. The van der Waals surface area contributed by atoms with Gasteiger partial charge in [-0.2, -0.15) is 5.10 Å². The van der Waals surface area contributed by atoms with E-state index < -0.39 is 11.9 Å². The van der Waals surface area contributed by atoms with E-state index in [1.165, 1.54) is 0 Å². The second kappa shape index (κ2) is 8.10. The lowest BCUT2D eigenvalue weighted by Crippen LogP contribution is -2.34. The molecule has 24 heavy (non-hydrogen) atoms. The van der Waals surface area contributed by atoms with Crippen LogP contribution in [-0.4, -0.2) is 33.7 Å². The molecule has 1 heterocycles. The number of halogens is 1. The predicted molar refractivity (Wildman–Crippen MR) is 94.6 cm³/mol. The highest BCUT2D eigenvalue weighted by Gasteiger charge is 2.22. The first-order valence-corrected chi connectivity index (χ1v) is 8.49. The Labute approximate surface area is 148 Å². The van der Waals surface area contributed by atoms with Gasteiger partial charge in [-0.15, -0.1) is 0 Å². The maximum Gasteiger partial charge on any atom is 0.308 e. The van der Waals surface area contributed by atoms with Crippen LogP contribution in [0.1, 0.15) is 30.8 Å². The number of carboxylic acids is 1. The van der Waals surface area contributed by atoms with E-state index in [1.807, 2.05) is 44.2 Å². The van der Waals surface area contributed by atoms with Gasteiger partial charge in [-0.25, -0.2) is 0 Å². The molecule has 0 aliphatic rings. The van der Waals surface area contributed by atoms with E-state index in [0.29, 0.717) is 16.6 Å². The Hall–Kier alpha value is -2.15. The van der Waals surface area contributed by atoms with Crippen molar-refractivity contribution in [2.45, 2.75) is 20.3 Å². The summed E-state index contributed by atoms with van der Waals surface area (Å²) in [7, 11) is 0. The average molecular weight is 394 g/mol. The van der Waals surface area contributed by atoms with Gasteiger partial charge in [-0.1, -0.05) is 44.2 Å². The Morgan fingerprint density at radius 2 is 1.96 bits per heavy atom. The van der Waals surface area contributed by atoms with Gasteiger partial charge in [0, 0.05) is 12.1 Å². The van der Waals surface area contributed by atoms with Crippen molar-refractivity contribution in [1.29, 1.82) is 0 Å². The summed E-state index contributed by atoms with van der Waals surface area (Å²) < 4.78 is 0.557. The van der Waals surface area contributed by atoms with E-state index in [-0.39, 0.29) is 24.1 Å². The summed E-state index contributed by atoms with van der Waals surface area (Å²) in [6, 6.07) is 9.47. The molecular formula is C17H20BrN3O3. The summed E-state index contributed by atoms with van der Waals surface area (Å²) in [4.78, 5) is 23.6. The number of carbonyl (C=O) groups excluding carboxylic acids is 1. The molecule has 0 fully saturated rings. The number of carboxylic acid groups (broad SMARTS) is 1. The number of benzene rings is 1. The van der Waals surface area contributed by atoms with Crippen molar-refractivity contribution in [3.63, 3.8) is 0 Å². The van der Waals surface area contributed by atoms with Gasteiger partial charge in [0.05, 0.1) is 10.4 Å². The molecule has 0 bridgehead atoms. The zero-order valence-electron chi connectivity index (χ0n) is 13.5. The Morgan fingerprint density at radius 1 is 1.29 bits per heavy atom. The summed E-state index contributed by atoms with van der Waals surface area (Å²) >= 11 is 3.39. The molecule has 0 aliphatic heterocycles. The fourth-order valence-corrected chi connectivity index (χ4v) is 3.00. The third-order valence-electron chi connectivity index (χ3n) is 3.60. The van der Waals surface area contributed by atoms with Crippen LogP contribution in [0.5, 0.6) is 0 Å². The molecule has 1 amide bonds. The maximum absolute atomic E-state index is 12.3. The van der Waals surface area contributed by atoms with E-state index in [2.05, 4.69) is 31.4 Å². The first-order chi connectivity index (χ1) is 11.4. The van der Waals surface area contributed by atoms with Crippen LogP contribution >= 0.6 is 15.9 Å². The SMILES string of the molecule is CC(C)CC(CNC(=O)c1[nH]nc(-c2ccccc2)c1Br)C(=O)O. The summed E-state index contributed by atoms with van der Waals surface area (Å²) in [5, 5.41) is 18.8. The van der Waals surface area contributed by atoms with Crippen LogP contribution in [0.2, 0.25) is 0 Å². The lowest BCUT2D eigenvalue weighted by atomic mass is 9.97. The minimum absolute atomic E-state index is 0.0818. The number of aliphatic carboxylic acids is 1. The molecule has 0 saturated heterocycles. The van der Waals surface area contributed by atoms with Crippen LogP contribution < -0.4 is 5.32 Å². The summed E-state index contributed by atoms with van der Waals surface area (Å²) in [5.41, 5.74) is 1.79. The summed E-state index contributed by atoms with van der Waals surface area (Å²) in [6.45, 7) is 3.99. The second-order valence-corrected chi connectivity index (χ2v) is 6.79. The van der Waals surface area contributed by atoms with Gasteiger partial charge in [-0.3, -0.25) is 14.7 Å². The molecule has 1 aromatic carbocycles. The van der Waals surface area contributed by atoms with Crippen LogP contribution in [0.3, 0.4) is 0 Å². The number of carbonyl (C=O) groups is 2. The largest absolute Gasteiger partial charge is 0.481 e. The molecule has 0 radical (unpaired) electrons. The first kappa shape index (κ1) is 18.2. The molecule has 2 aromatic rings. The lowest BCUT2D eigenvalue weighted by molar-refractivity contribution is -0.142. The van der Waals surface area contributed by atoms with Gasteiger partial charge in [0.1, 0.15) is 11.4 Å². The summed E-state index contributed by atoms with van der Waals surface area (Å²) in [5.74, 6) is -1.65. The lowest BCUT2D eigenvalue weighted by Gasteiger charge is -2.15. The highest BCUT2D eigenvalue weighted by Crippen LogP contribution is 2.28. The van der Waals surface area contributed by atoms with Crippen LogP contribution in [0.15, 0.2) is 34.8 Å². The molecule has 2 rings (SSSR count). The topological polar surface area (TPSA) is 95.1 Å². The minimum atomic E-state index is -0.905. The number of amides is 1. The van der Waals surface area contributed by atoms with Gasteiger partial charge in [0.2, 0.25) is 0 Å². The molecular weight excluding hydrogens is 374 g/mol. The molecule has 1 atom stereocenters. The van der Waals surface area contributed by atoms with Gasteiger partial charge in [0.25, 0.3) is 5.91 Å². The second-order valence-electron chi connectivity index (χ2n) is 6.00. The Balaban J connectivity index is 2.08. The van der Waals surface area contributed by atoms with E-state index in [9.17, 15) is 14.7 Å². The smallest absolute Gasteiger partial charge is 0.308 e. The van der Waals surface area contributed by atoms with Crippen molar-refractivity contribution in [3.8, 4) is 11.3 Å². The van der Waals surface area contributed by atoms with Crippen LogP contribution in [0, 0.1) is 11.8 Å². The standard InChI is InChI=1S/C17H20BrN3O3/c1-10(2)8-12(17(23)24)9-19-16(22)15-13(18)14(20-21-15)11-6-4-3-5-7-11/h3-7,10,12H,8-9H2,1-2H3,(H,19,22)(H,20,21)(H,23,24). The zero-order valence-corrected chi connectivity index (χ0v) is 15.1. The fraction of sp³-hybridized carbons (Fsp3) is 0.353. The number of hydrogen-bond acceptors (Lipinski definition) is 3. The van der Waals surface area contributed by atoms with E-state index in [1.54, 1.807) is 0 Å². The van der Waals surface area contributed by atoms with E-state index in [0.717, 1.165) is 5.56 Å². The number of nitrogens with zero attached hydrogens (tertiary/aromatic N) is 1. The number of aromatic amines is 1. The average Bonchev–Trinajstić information content (AvgIpc) is 2.93. The third kappa shape index (κ3) is 4.44. The van der Waals surface area contributed by atoms with Crippen molar-refractivity contribution in [1.82, 2.24) is 15.5 Å². The zero-order chi connectivity index (χ0) is 17.7. The maximum atomic E-state index is 12.3. The number of H-pyrrole nitrogens is 1. The normalized spacial score (nSPS) is 12.2. The van der Waals surface area contributed by atoms with Crippen molar-refractivity contribution in [2.75, 3.05) is 6.54 Å². The molecule has 0 aliphatic carbocycles. The van der Waals surface area contributed by atoms with E-state index in [4.69, 9.17) is 0 Å². The molecule has 0 spiro atoms. The Morgan fingerprint density at radius 3 is 2.54 bits per heavy atom. The quantitative estimate of drug-likeness (QED) is 0.672. The molecule has 1 aromatic heterocycles. The Kier molecular flexibility index (Phi) is 6.14. The summed E-state index contributed by atoms with van der Waals surface area (Å²) in [6.07, 6.45) is 0.509. The highest BCUT2D eigenvalue weighted by atomic mass is 79.9. The molecule has 3 N–H and O–H groups in total. The predicted octanol–water partition coefficient (Wildman–Crippen LogP) is 3.32. The van der Waals surface area contributed by atoms with Crippen molar-refractivity contribution < 1.29 is 14.7 Å². The number of hydrogen-bond donors (Lipinski definition) is 3. The minimum Gasteiger partial charge on any atom is -0.481 e. The number of aromatic nitrogens is 2. The van der Waals surface area contributed by atoms with Crippen LogP contribution in [0.25, 0.3) is 11.3 Å². The van der Waals surface area contributed by atoms with E-state index >= 15 is 0 Å². The highest BCUT2D eigenvalue weighted by molar-refractivity contribution is 9.10. The van der Waals surface area contributed by atoms with Crippen LogP contribution in [-0.2, 0) is 4.79 Å². The molecule has 0 saturated carbocycles. The van der Waals surface area contributed by atoms with Gasteiger partial charge in [-0.05, 0) is 28.3 Å². The van der Waals surface area contributed by atoms with Crippen molar-refractivity contribution in [3.05, 3.63) is 40.5 Å². The van der Waals surface area contributed by atoms with Gasteiger partial charge < -0.3 is 10.4 Å². The first-order valence-electron chi connectivity index (χ1n) is 7.70. The third-order valence-corrected chi connectivity index (χ3v) is 4.37. The fourth-order valence-electron chi connectivity index (χ4n) is 2.41. The number of rotatable bonds is 7. The van der Waals surface area contributed by atoms with Gasteiger partial charge >= 0.3 is 5.97 Å². The van der Waals surface area contributed by atoms with Crippen molar-refractivity contribution in [2.24, 2.45) is 11.8 Å². The van der Waals surface area contributed by atoms with Gasteiger partial charge in [0.15, 0.2) is 0 Å². The molecule has 128 valence electrons. The van der Waals surface area contributed by atoms with Crippen molar-refractivity contribution >= 4 is 27.8 Å². The molecule has 6 nitrogen and oxygen atoms in total.